The lowest BCUT2D eigenvalue weighted by atomic mass is 10.1. The third-order valence-electron chi connectivity index (χ3n) is 5.40. The van der Waals surface area contributed by atoms with Gasteiger partial charge in [-0.15, -0.1) is 0 Å². The lowest BCUT2D eigenvalue weighted by Crippen LogP contribution is -2.24. The first-order chi connectivity index (χ1) is 15.7. The summed E-state index contributed by atoms with van der Waals surface area (Å²) in [7, 11) is 1.99. The van der Waals surface area contributed by atoms with Gasteiger partial charge in [-0.05, 0) is 18.6 Å². The Morgan fingerprint density at radius 3 is 2.44 bits per heavy atom. The van der Waals surface area contributed by atoms with E-state index in [2.05, 4.69) is 39.4 Å². The number of hydrogen-bond acceptors (Lipinski definition) is 7. The van der Waals surface area contributed by atoms with Crippen molar-refractivity contribution in [3.8, 4) is 11.3 Å². The molecule has 0 aliphatic carbocycles. The highest BCUT2D eigenvalue weighted by atomic mass is 15.4. The molecule has 5 rings (SSSR count). The first kappa shape index (κ1) is 19.6. The molecule has 3 heterocycles. The van der Waals surface area contributed by atoms with Crippen LogP contribution in [-0.2, 0) is 0 Å². The molecule has 0 aliphatic rings. The van der Waals surface area contributed by atoms with Gasteiger partial charge in [-0.1, -0.05) is 60.7 Å². The Bertz CT molecular complexity index is 1330. The minimum Gasteiger partial charge on any atom is -0.337 e. The van der Waals surface area contributed by atoms with Gasteiger partial charge in [0.25, 0.3) is 0 Å². The van der Waals surface area contributed by atoms with Crippen LogP contribution >= 0.6 is 0 Å². The Morgan fingerprint density at radius 2 is 1.66 bits per heavy atom. The number of aromatic nitrogens is 6. The van der Waals surface area contributed by atoms with Crippen molar-refractivity contribution in [3.05, 3.63) is 90.9 Å². The highest BCUT2D eigenvalue weighted by Crippen LogP contribution is 2.25. The first-order valence-electron chi connectivity index (χ1n) is 10.3. The molecule has 32 heavy (non-hydrogen) atoms. The Hall–Kier alpha value is -4.33. The molecule has 0 fully saturated rings. The molecule has 0 spiro atoms. The lowest BCUT2D eigenvalue weighted by Gasteiger charge is -2.25. The number of fused-ring (bicyclic) bond motifs is 1. The van der Waals surface area contributed by atoms with E-state index in [9.17, 15) is 0 Å². The topological polar surface area (TPSA) is 84.1 Å². The van der Waals surface area contributed by atoms with Crippen molar-refractivity contribution in [2.24, 2.45) is 0 Å². The monoisotopic (exact) mass is 422 g/mol. The summed E-state index contributed by atoms with van der Waals surface area (Å²) in [5.74, 6) is 1.76. The van der Waals surface area contributed by atoms with Gasteiger partial charge in [0.1, 0.15) is 12.1 Å². The number of benzene rings is 2. The van der Waals surface area contributed by atoms with E-state index in [4.69, 9.17) is 9.97 Å². The van der Waals surface area contributed by atoms with Crippen LogP contribution in [0.3, 0.4) is 0 Å². The Morgan fingerprint density at radius 1 is 0.906 bits per heavy atom. The maximum Gasteiger partial charge on any atom is 0.232 e. The average Bonchev–Trinajstić information content (AvgIpc) is 3.33. The van der Waals surface area contributed by atoms with Gasteiger partial charge < -0.3 is 10.2 Å². The fourth-order valence-corrected chi connectivity index (χ4v) is 3.50. The SMILES string of the molecule is C[C@H](c1ccccc1)N(C)c1nccc(Nc2nc(-c3ccccc3)cc3ncnn23)n1. The van der Waals surface area contributed by atoms with Crippen molar-refractivity contribution in [3.63, 3.8) is 0 Å². The van der Waals surface area contributed by atoms with Crippen molar-refractivity contribution in [1.82, 2.24) is 29.5 Å². The molecule has 0 unspecified atom stereocenters. The Balaban J connectivity index is 1.47. The van der Waals surface area contributed by atoms with Crippen molar-refractivity contribution >= 4 is 23.4 Å². The maximum atomic E-state index is 4.77. The predicted molar refractivity (Wildman–Crippen MR) is 125 cm³/mol. The summed E-state index contributed by atoms with van der Waals surface area (Å²) >= 11 is 0. The molecule has 8 heteroatoms. The van der Waals surface area contributed by atoms with E-state index < -0.39 is 0 Å². The van der Waals surface area contributed by atoms with Crippen molar-refractivity contribution in [2.45, 2.75) is 13.0 Å². The second-order valence-corrected chi connectivity index (χ2v) is 7.43. The molecule has 0 radical (unpaired) electrons. The van der Waals surface area contributed by atoms with Crippen LogP contribution < -0.4 is 10.2 Å². The van der Waals surface area contributed by atoms with Crippen LogP contribution in [0.1, 0.15) is 18.5 Å². The summed E-state index contributed by atoms with van der Waals surface area (Å²) in [6.45, 7) is 2.13. The average molecular weight is 422 g/mol. The van der Waals surface area contributed by atoms with Crippen LogP contribution in [-0.4, -0.2) is 36.6 Å². The molecule has 0 aliphatic heterocycles. The minimum atomic E-state index is 0.119. The number of nitrogens with zero attached hydrogens (tertiary/aromatic N) is 7. The van der Waals surface area contributed by atoms with E-state index >= 15 is 0 Å². The molecule has 2 aromatic carbocycles. The van der Waals surface area contributed by atoms with Gasteiger partial charge in [-0.25, -0.2) is 15.0 Å². The van der Waals surface area contributed by atoms with Gasteiger partial charge >= 0.3 is 0 Å². The molecule has 5 aromatic rings. The highest BCUT2D eigenvalue weighted by molar-refractivity contribution is 5.66. The molecular weight excluding hydrogens is 400 g/mol. The Kier molecular flexibility index (Phi) is 5.17. The van der Waals surface area contributed by atoms with Gasteiger partial charge in [0, 0.05) is 24.9 Å². The third kappa shape index (κ3) is 3.85. The largest absolute Gasteiger partial charge is 0.337 e. The number of anilines is 3. The molecule has 0 bridgehead atoms. The number of nitrogens with one attached hydrogen (secondary N) is 1. The van der Waals surface area contributed by atoms with Crippen LogP contribution in [0.4, 0.5) is 17.7 Å². The second kappa shape index (κ2) is 8.43. The predicted octanol–water partition coefficient (Wildman–Crippen LogP) is 4.52. The zero-order valence-corrected chi connectivity index (χ0v) is 17.8. The van der Waals surface area contributed by atoms with Gasteiger partial charge in [0.2, 0.25) is 11.9 Å². The van der Waals surface area contributed by atoms with Crippen LogP contribution in [0, 0.1) is 0 Å². The standard InChI is InChI=1S/C24H22N8/c1-17(18-9-5-3-6-10-18)31(2)23-25-14-13-21(29-23)30-24-28-20(19-11-7-4-8-12-19)15-22-26-16-27-32(22)24/h3-17H,1-2H3,(H,25,28,29,30)/t17-/m1/s1. The smallest absolute Gasteiger partial charge is 0.232 e. The van der Waals surface area contributed by atoms with E-state index in [1.54, 1.807) is 10.7 Å². The quantitative estimate of drug-likeness (QED) is 0.431. The molecule has 3 aromatic heterocycles. The van der Waals surface area contributed by atoms with Gasteiger partial charge in [0.15, 0.2) is 5.65 Å². The molecule has 1 N–H and O–H groups in total. The third-order valence-corrected chi connectivity index (χ3v) is 5.40. The van der Waals surface area contributed by atoms with E-state index in [0.29, 0.717) is 23.4 Å². The van der Waals surface area contributed by atoms with Crippen molar-refractivity contribution in [1.29, 1.82) is 0 Å². The van der Waals surface area contributed by atoms with Crippen molar-refractivity contribution in [2.75, 3.05) is 17.3 Å². The molecule has 158 valence electrons. The van der Waals surface area contributed by atoms with E-state index in [1.807, 2.05) is 72.6 Å². The molecular formula is C24H22N8. The summed E-state index contributed by atoms with van der Waals surface area (Å²) in [4.78, 5) is 20.3. The molecule has 0 saturated heterocycles. The summed E-state index contributed by atoms with van der Waals surface area (Å²) in [6.07, 6.45) is 3.25. The fraction of sp³-hybridized carbons (Fsp3) is 0.125. The van der Waals surface area contributed by atoms with E-state index in [0.717, 1.165) is 11.3 Å². The molecule has 8 nitrogen and oxygen atoms in total. The zero-order chi connectivity index (χ0) is 21.9. The zero-order valence-electron chi connectivity index (χ0n) is 17.8. The maximum absolute atomic E-state index is 4.77. The Labute approximate surface area is 185 Å². The fourth-order valence-electron chi connectivity index (χ4n) is 3.50. The lowest BCUT2D eigenvalue weighted by molar-refractivity contribution is 0.716. The van der Waals surface area contributed by atoms with Crippen LogP contribution in [0.2, 0.25) is 0 Å². The van der Waals surface area contributed by atoms with E-state index in [1.165, 1.54) is 11.9 Å². The van der Waals surface area contributed by atoms with Crippen molar-refractivity contribution < 1.29 is 0 Å². The minimum absolute atomic E-state index is 0.119. The van der Waals surface area contributed by atoms with Gasteiger partial charge in [-0.3, -0.25) is 0 Å². The van der Waals surface area contributed by atoms with Crippen LogP contribution in [0.15, 0.2) is 85.3 Å². The van der Waals surface area contributed by atoms with Crippen LogP contribution in [0.25, 0.3) is 16.9 Å². The second-order valence-electron chi connectivity index (χ2n) is 7.43. The first-order valence-corrected chi connectivity index (χ1v) is 10.3. The van der Waals surface area contributed by atoms with Crippen LogP contribution in [0.5, 0.6) is 0 Å². The number of rotatable bonds is 6. The van der Waals surface area contributed by atoms with Gasteiger partial charge in [0.05, 0.1) is 11.7 Å². The van der Waals surface area contributed by atoms with E-state index in [-0.39, 0.29) is 6.04 Å². The summed E-state index contributed by atoms with van der Waals surface area (Å²) in [6, 6.07) is 24.1. The highest BCUT2D eigenvalue weighted by Gasteiger charge is 2.16. The molecule has 0 amide bonds. The number of hydrogen-bond donors (Lipinski definition) is 1. The summed E-state index contributed by atoms with van der Waals surface area (Å²) in [5, 5.41) is 7.59. The summed E-state index contributed by atoms with van der Waals surface area (Å²) in [5.41, 5.74) is 3.70. The molecule has 0 saturated carbocycles. The normalized spacial score (nSPS) is 11.9. The summed E-state index contributed by atoms with van der Waals surface area (Å²) < 4.78 is 1.66. The van der Waals surface area contributed by atoms with Gasteiger partial charge in [-0.2, -0.15) is 14.6 Å². The molecule has 1 atom stereocenters.